The van der Waals surface area contributed by atoms with E-state index in [9.17, 15) is 21.6 Å². The molecule has 1 aromatic carbocycles. The second-order valence-electron chi connectivity index (χ2n) is 7.74. The summed E-state index contributed by atoms with van der Waals surface area (Å²) in [6.07, 6.45) is -0.745. The Hall–Kier alpha value is -2.76. The quantitative estimate of drug-likeness (QED) is 0.606. The maximum Gasteiger partial charge on any atom is 0.417 e. The van der Waals surface area contributed by atoms with Crippen LogP contribution < -0.4 is 5.32 Å². The van der Waals surface area contributed by atoms with E-state index in [1.807, 2.05) is 30.3 Å². The third-order valence-corrected chi connectivity index (χ3v) is 7.21. The maximum atomic E-state index is 13.1. The van der Waals surface area contributed by atoms with Gasteiger partial charge in [-0.1, -0.05) is 30.3 Å². The van der Waals surface area contributed by atoms with Gasteiger partial charge in [0.2, 0.25) is 0 Å². The molecular formula is C21H22F3N5O2S. The summed E-state index contributed by atoms with van der Waals surface area (Å²) in [7, 11) is -2.08. The second kappa shape index (κ2) is 8.64. The van der Waals surface area contributed by atoms with Crippen molar-refractivity contribution in [2.75, 3.05) is 13.1 Å². The van der Waals surface area contributed by atoms with E-state index in [2.05, 4.69) is 15.3 Å². The Morgan fingerprint density at radius 1 is 1.09 bits per heavy atom. The molecule has 1 N–H and O–H groups in total. The highest BCUT2D eigenvalue weighted by molar-refractivity contribution is 7.89. The van der Waals surface area contributed by atoms with Crippen molar-refractivity contribution in [1.29, 1.82) is 0 Å². The maximum absolute atomic E-state index is 13.1. The van der Waals surface area contributed by atoms with Crippen molar-refractivity contribution in [2.24, 2.45) is 7.05 Å². The Labute approximate surface area is 184 Å². The largest absolute Gasteiger partial charge is 0.417 e. The van der Waals surface area contributed by atoms with Gasteiger partial charge >= 0.3 is 6.18 Å². The average Bonchev–Trinajstić information content (AvgIpc) is 3.40. The van der Waals surface area contributed by atoms with Crippen molar-refractivity contribution in [1.82, 2.24) is 24.2 Å². The van der Waals surface area contributed by atoms with Gasteiger partial charge in [0.25, 0.3) is 10.0 Å². The third kappa shape index (κ3) is 4.69. The van der Waals surface area contributed by atoms with Gasteiger partial charge in [-0.15, -0.1) is 0 Å². The van der Waals surface area contributed by atoms with E-state index in [-0.39, 0.29) is 36.6 Å². The van der Waals surface area contributed by atoms with Crippen LogP contribution in [-0.4, -0.2) is 46.4 Å². The molecule has 4 rings (SSSR count). The Balaban J connectivity index is 1.53. The van der Waals surface area contributed by atoms with Crippen LogP contribution in [-0.2, 0) is 29.8 Å². The highest BCUT2D eigenvalue weighted by Gasteiger charge is 2.40. The minimum absolute atomic E-state index is 0.0168. The van der Waals surface area contributed by atoms with Crippen molar-refractivity contribution in [3.63, 3.8) is 0 Å². The highest BCUT2D eigenvalue weighted by Crippen LogP contribution is 2.32. The molecule has 7 nitrogen and oxygen atoms in total. The van der Waals surface area contributed by atoms with Gasteiger partial charge in [-0.05, 0) is 17.7 Å². The summed E-state index contributed by atoms with van der Waals surface area (Å²) in [4.78, 5) is 7.88. The van der Waals surface area contributed by atoms with Crippen LogP contribution in [0.15, 0.2) is 66.2 Å². The van der Waals surface area contributed by atoms with Gasteiger partial charge in [0.05, 0.1) is 17.6 Å². The van der Waals surface area contributed by atoms with Crippen molar-refractivity contribution in [3.05, 3.63) is 78.0 Å². The molecule has 11 heteroatoms. The summed E-state index contributed by atoms with van der Waals surface area (Å²) < 4.78 is 67.4. The molecule has 2 atom stereocenters. The molecule has 32 heavy (non-hydrogen) atoms. The normalized spacial score (nSPS) is 20.0. The molecule has 1 aliphatic heterocycles. The first kappa shape index (κ1) is 22.4. The summed E-state index contributed by atoms with van der Waals surface area (Å²) in [5, 5.41) is 3.27. The number of benzene rings is 1. The van der Waals surface area contributed by atoms with Crippen LogP contribution in [0, 0.1) is 0 Å². The first-order valence-electron chi connectivity index (χ1n) is 9.93. The summed E-state index contributed by atoms with van der Waals surface area (Å²) in [5.41, 5.74) is 0.608. The number of imidazole rings is 1. The van der Waals surface area contributed by atoms with Gasteiger partial charge in [0, 0.05) is 51.0 Å². The van der Waals surface area contributed by atoms with E-state index in [0.29, 0.717) is 5.69 Å². The number of aryl methyl sites for hydroxylation is 1. The van der Waals surface area contributed by atoms with Crippen LogP contribution in [0.25, 0.3) is 0 Å². The molecule has 170 valence electrons. The topological polar surface area (TPSA) is 80.1 Å². The minimum atomic E-state index is -4.44. The average molecular weight is 466 g/mol. The smallest absolute Gasteiger partial charge is 0.339 e. The zero-order valence-electron chi connectivity index (χ0n) is 17.2. The van der Waals surface area contributed by atoms with Gasteiger partial charge in [-0.25, -0.2) is 13.4 Å². The van der Waals surface area contributed by atoms with Gasteiger partial charge in [-0.2, -0.15) is 17.5 Å². The molecule has 0 aliphatic carbocycles. The summed E-state index contributed by atoms with van der Waals surface area (Å²) >= 11 is 0. The Morgan fingerprint density at radius 2 is 1.84 bits per heavy atom. The number of hydrogen-bond donors (Lipinski definition) is 1. The van der Waals surface area contributed by atoms with Crippen LogP contribution in [0.2, 0.25) is 0 Å². The zero-order valence-corrected chi connectivity index (χ0v) is 18.0. The van der Waals surface area contributed by atoms with Crippen molar-refractivity contribution < 1.29 is 21.6 Å². The van der Waals surface area contributed by atoms with Crippen molar-refractivity contribution in [2.45, 2.75) is 29.7 Å². The molecular weight excluding hydrogens is 443 g/mol. The lowest BCUT2D eigenvalue weighted by molar-refractivity contribution is -0.137. The number of aromatic nitrogens is 3. The molecule has 0 bridgehead atoms. The SMILES string of the molecule is Cn1cnc(S(=O)(=O)N2CC(NCc3ccc(C(F)(F)F)cn3)C(c3ccccc3)C2)c1. The lowest BCUT2D eigenvalue weighted by Gasteiger charge is -2.20. The highest BCUT2D eigenvalue weighted by atomic mass is 32.2. The van der Waals surface area contributed by atoms with Gasteiger partial charge in [-0.3, -0.25) is 4.98 Å². The van der Waals surface area contributed by atoms with E-state index >= 15 is 0 Å². The second-order valence-corrected chi connectivity index (χ2v) is 9.62. The summed E-state index contributed by atoms with van der Waals surface area (Å²) in [6, 6.07) is 11.6. The molecule has 0 saturated carbocycles. The van der Waals surface area contributed by atoms with Crippen LogP contribution >= 0.6 is 0 Å². The fourth-order valence-electron chi connectivity index (χ4n) is 3.80. The summed E-state index contributed by atoms with van der Waals surface area (Å²) in [6.45, 7) is 0.684. The van der Waals surface area contributed by atoms with Gasteiger partial charge in [0.15, 0.2) is 5.03 Å². The molecule has 0 amide bonds. The number of rotatable bonds is 6. The Bertz CT molecular complexity index is 1160. The molecule has 1 aliphatic rings. The molecule has 0 radical (unpaired) electrons. The van der Waals surface area contributed by atoms with E-state index in [0.717, 1.165) is 17.8 Å². The standard InChI is InChI=1S/C21H22F3N5O2S/c1-28-13-20(27-14-28)32(30,31)29-11-18(15-5-3-2-4-6-15)19(12-29)26-10-17-8-7-16(9-25-17)21(22,23)24/h2-9,13-14,18-19,26H,10-12H2,1H3. The van der Waals surface area contributed by atoms with E-state index in [4.69, 9.17) is 0 Å². The predicted octanol–water partition coefficient (Wildman–Crippen LogP) is 2.78. The zero-order chi connectivity index (χ0) is 22.9. The van der Waals surface area contributed by atoms with Gasteiger partial charge in [0.1, 0.15) is 0 Å². The number of nitrogens with zero attached hydrogens (tertiary/aromatic N) is 4. The van der Waals surface area contributed by atoms with Crippen LogP contribution in [0.3, 0.4) is 0 Å². The van der Waals surface area contributed by atoms with E-state index in [1.165, 1.54) is 22.9 Å². The van der Waals surface area contributed by atoms with Crippen LogP contribution in [0.4, 0.5) is 13.2 Å². The molecule has 1 saturated heterocycles. The number of sulfonamides is 1. The molecule has 1 fully saturated rings. The first-order chi connectivity index (χ1) is 15.1. The number of hydrogen-bond acceptors (Lipinski definition) is 5. The monoisotopic (exact) mass is 465 g/mol. The number of halogens is 3. The molecule has 3 heterocycles. The Morgan fingerprint density at radius 3 is 2.44 bits per heavy atom. The van der Waals surface area contributed by atoms with Crippen LogP contribution in [0.1, 0.15) is 22.7 Å². The lowest BCUT2D eigenvalue weighted by atomic mass is 9.94. The third-order valence-electron chi connectivity index (χ3n) is 5.50. The van der Waals surface area contributed by atoms with Crippen LogP contribution in [0.5, 0.6) is 0 Å². The number of alkyl halides is 3. The minimum Gasteiger partial charge on any atom is -0.339 e. The lowest BCUT2D eigenvalue weighted by Crippen LogP contribution is -2.36. The van der Waals surface area contributed by atoms with E-state index in [1.54, 1.807) is 11.6 Å². The molecule has 0 spiro atoms. The first-order valence-corrected chi connectivity index (χ1v) is 11.4. The van der Waals surface area contributed by atoms with Crippen molar-refractivity contribution >= 4 is 10.0 Å². The molecule has 2 aromatic heterocycles. The fourth-order valence-corrected chi connectivity index (χ4v) is 5.25. The van der Waals surface area contributed by atoms with Gasteiger partial charge < -0.3 is 9.88 Å². The van der Waals surface area contributed by atoms with E-state index < -0.39 is 21.8 Å². The number of nitrogens with one attached hydrogen (secondary N) is 1. The predicted molar refractivity (Wildman–Crippen MR) is 111 cm³/mol. The Kier molecular flexibility index (Phi) is 6.06. The number of pyridine rings is 1. The summed E-state index contributed by atoms with van der Waals surface area (Å²) in [5.74, 6) is -0.135. The fraction of sp³-hybridized carbons (Fsp3) is 0.333. The molecule has 3 aromatic rings. The van der Waals surface area contributed by atoms with Crippen molar-refractivity contribution in [3.8, 4) is 0 Å². The molecule has 2 unspecified atom stereocenters.